The summed E-state index contributed by atoms with van der Waals surface area (Å²) in [4.78, 5) is 34.8. The Morgan fingerprint density at radius 3 is 1.52 bits per heavy atom. The third kappa shape index (κ3) is 38.2. The highest BCUT2D eigenvalue weighted by Gasteiger charge is 2.25. The molecule has 0 aliphatic rings. The van der Waals surface area contributed by atoms with Crippen LogP contribution in [0.5, 0.6) is 0 Å². The van der Waals surface area contributed by atoms with Crippen LogP contribution in [0.3, 0.4) is 0 Å². The highest BCUT2D eigenvalue weighted by atomic mass is 31.2. The van der Waals surface area contributed by atoms with E-state index in [2.05, 4.69) is 38.2 Å². The van der Waals surface area contributed by atoms with Gasteiger partial charge in [0.1, 0.15) is 6.61 Å². The van der Waals surface area contributed by atoms with Crippen LogP contribution in [0.25, 0.3) is 0 Å². The lowest BCUT2D eigenvalue weighted by Crippen LogP contribution is -2.29. The maximum atomic E-state index is 12.5. The Kier molecular flexibility index (Phi) is 38.1. The van der Waals surface area contributed by atoms with Gasteiger partial charge >= 0.3 is 19.8 Å². The molecule has 0 aliphatic heterocycles. The Morgan fingerprint density at radius 2 is 1.02 bits per heavy atom. The van der Waals surface area contributed by atoms with Crippen LogP contribution in [0.2, 0.25) is 0 Å². The molecule has 10 heteroatoms. The lowest BCUT2D eigenvalue weighted by molar-refractivity contribution is -0.161. The molecule has 3 N–H and O–H groups in total. The van der Waals surface area contributed by atoms with Gasteiger partial charge < -0.3 is 20.1 Å². The van der Waals surface area contributed by atoms with Gasteiger partial charge in [-0.3, -0.25) is 18.6 Å². The van der Waals surface area contributed by atoms with E-state index in [1.807, 2.05) is 0 Å². The molecule has 0 fully saturated rings. The van der Waals surface area contributed by atoms with Crippen molar-refractivity contribution in [2.75, 3.05) is 26.4 Å². The van der Waals surface area contributed by atoms with E-state index >= 15 is 0 Å². The van der Waals surface area contributed by atoms with E-state index in [-0.39, 0.29) is 38.6 Å². The molecule has 52 heavy (non-hydrogen) atoms. The molecule has 0 aliphatic carbocycles. The minimum absolute atomic E-state index is 0.0489. The van der Waals surface area contributed by atoms with Crippen LogP contribution < -0.4 is 5.73 Å². The fraction of sp³-hybridized carbons (Fsp3) is 0.857. The maximum Gasteiger partial charge on any atom is 0.472 e. The zero-order chi connectivity index (χ0) is 38.2. The number of esters is 2. The summed E-state index contributed by atoms with van der Waals surface area (Å²) in [7, 11) is -4.38. The third-order valence-corrected chi connectivity index (χ3v) is 10.1. The van der Waals surface area contributed by atoms with E-state index in [4.69, 9.17) is 24.3 Å². The zero-order valence-corrected chi connectivity index (χ0v) is 34.4. The fourth-order valence-corrected chi connectivity index (χ4v) is 6.67. The van der Waals surface area contributed by atoms with Gasteiger partial charge in [0.2, 0.25) is 0 Å². The van der Waals surface area contributed by atoms with E-state index in [0.29, 0.717) is 6.42 Å². The van der Waals surface area contributed by atoms with E-state index < -0.39 is 26.5 Å². The Bertz CT molecular complexity index is 912. The molecule has 9 nitrogen and oxygen atoms in total. The minimum atomic E-state index is -4.38. The Balaban J connectivity index is 4.21. The zero-order valence-electron chi connectivity index (χ0n) is 33.6. The van der Waals surface area contributed by atoms with Crippen molar-refractivity contribution in [3.63, 3.8) is 0 Å². The number of allylic oxidation sites excluding steroid dienone is 4. The highest BCUT2D eigenvalue weighted by molar-refractivity contribution is 7.47. The summed E-state index contributed by atoms with van der Waals surface area (Å²) in [5.74, 6) is -0.875. The molecule has 0 aromatic heterocycles. The van der Waals surface area contributed by atoms with Gasteiger partial charge in [-0.1, -0.05) is 173 Å². The van der Waals surface area contributed by atoms with Crippen molar-refractivity contribution in [1.29, 1.82) is 0 Å². The molecule has 2 atom stereocenters. The van der Waals surface area contributed by atoms with Crippen LogP contribution in [0.4, 0.5) is 0 Å². The molecule has 1 unspecified atom stereocenters. The molecule has 0 bridgehead atoms. The number of rotatable bonds is 40. The molecule has 0 heterocycles. The lowest BCUT2D eigenvalue weighted by atomic mass is 10.0. The first-order chi connectivity index (χ1) is 25.3. The smallest absolute Gasteiger partial charge is 0.462 e. The van der Waals surface area contributed by atoms with Crippen molar-refractivity contribution in [1.82, 2.24) is 0 Å². The number of hydrogen-bond donors (Lipinski definition) is 2. The number of ether oxygens (including phenoxy) is 2. The van der Waals surface area contributed by atoms with Crippen molar-refractivity contribution in [3.8, 4) is 0 Å². The molecule has 0 rings (SSSR count). The molecule has 0 radical (unpaired) electrons. The van der Waals surface area contributed by atoms with E-state index in [0.717, 1.165) is 38.5 Å². The van der Waals surface area contributed by atoms with Crippen LogP contribution in [0.15, 0.2) is 24.3 Å². The standard InChI is InChI=1S/C42H80NO8P/c1-3-5-7-9-11-13-15-17-19-20-21-23-25-27-29-31-33-35-42(45)51-40(39-50-52(46,47)49-37-36-43)38-48-41(44)34-32-30-28-26-24-22-18-16-14-12-10-8-6-4-2/h21,23,27,29,40H,3-20,22,24-26,28,30-39,43H2,1-2H3,(H,46,47)/b23-21+,29-27+/t40-/m1/s1. The largest absolute Gasteiger partial charge is 0.472 e. The average Bonchev–Trinajstić information content (AvgIpc) is 3.13. The summed E-state index contributed by atoms with van der Waals surface area (Å²) in [6, 6.07) is 0. The molecular weight excluding hydrogens is 677 g/mol. The van der Waals surface area contributed by atoms with Crippen molar-refractivity contribution < 1.29 is 37.6 Å². The summed E-state index contributed by atoms with van der Waals surface area (Å²) in [6.07, 6.45) is 40.7. The quantitative estimate of drug-likeness (QED) is 0.0271. The second kappa shape index (κ2) is 39.2. The topological polar surface area (TPSA) is 134 Å². The van der Waals surface area contributed by atoms with E-state index in [9.17, 15) is 19.0 Å². The number of carbonyl (C=O) groups is 2. The minimum Gasteiger partial charge on any atom is -0.462 e. The Labute approximate surface area is 319 Å². The van der Waals surface area contributed by atoms with Crippen molar-refractivity contribution >= 4 is 19.8 Å². The van der Waals surface area contributed by atoms with Gasteiger partial charge in [0.25, 0.3) is 0 Å². The number of phosphoric acid groups is 1. The number of nitrogens with two attached hydrogens (primary N) is 1. The first-order valence-electron chi connectivity index (χ1n) is 21.3. The fourth-order valence-electron chi connectivity index (χ4n) is 5.91. The third-order valence-electron chi connectivity index (χ3n) is 9.09. The van der Waals surface area contributed by atoms with Gasteiger partial charge in [0.15, 0.2) is 6.10 Å². The lowest BCUT2D eigenvalue weighted by Gasteiger charge is -2.19. The molecule has 306 valence electrons. The van der Waals surface area contributed by atoms with Gasteiger partial charge in [-0.15, -0.1) is 0 Å². The van der Waals surface area contributed by atoms with Gasteiger partial charge in [0.05, 0.1) is 13.2 Å². The normalized spacial score (nSPS) is 13.5. The monoisotopic (exact) mass is 758 g/mol. The molecular formula is C42H80NO8P. The predicted molar refractivity (Wildman–Crippen MR) is 215 cm³/mol. The van der Waals surface area contributed by atoms with Crippen molar-refractivity contribution in [2.45, 2.75) is 206 Å². The molecule has 0 saturated carbocycles. The second-order valence-corrected chi connectivity index (χ2v) is 15.7. The van der Waals surface area contributed by atoms with Crippen LogP contribution in [0, 0.1) is 0 Å². The van der Waals surface area contributed by atoms with Crippen LogP contribution in [0.1, 0.15) is 200 Å². The van der Waals surface area contributed by atoms with Crippen molar-refractivity contribution in [3.05, 3.63) is 24.3 Å². The molecule has 0 spiro atoms. The first kappa shape index (κ1) is 50.5. The molecule has 0 aromatic carbocycles. The number of carbonyl (C=O) groups excluding carboxylic acids is 2. The second-order valence-electron chi connectivity index (χ2n) is 14.2. The van der Waals surface area contributed by atoms with Gasteiger partial charge in [-0.25, -0.2) is 4.57 Å². The predicted octanol–water partition coefficient (Wildman–Crippen LogP) is 12.0. The first-order valence-corrected chi connectivity index (χ1v) is 22.8. The van der Waals surface area contributed by atoms with Crippen LogP contribution in [-0.2, 0) is 32.7 Å². The summed E-state index contributed by atoms with van der Waals surface area (Å²) < 4.78 is 32.7. The van der Waals surface area contributed by atoms with E-state index in [1.54, 1.807) is 0 Å². The number of phosphoric ester groups is 1. The Hall–Kier alpha value is -1.51. The number of hydrogen-bond acceptors (Lipinski definition) is 8. The number of unbranched alkanes of at least 4 members (excludes halogenated alkanes) is 23. The highest BCUT2D eigenvalue weighted by Crippen LogP contribution is 2.43. The SMILES string of the molecule is CCCCCCCCCCC/C=C/C/C=C/CCCC(=O)O[C@H](COC(=O)CCCCCCCCCCCCCCCC)COP(=O)(O)OCCN. The van der Waals surface area contributed by atoms with E-state index in [1.165, 1.54) is 128 Å². The van der Waals surface area contributed by atoms with Crippen LogP contribution in [-0.4, -0.2) is 49.3 Å². The van der Waals surface area contributed by atoms with Gasteiger partial charge in [0, 0.05) is 19.4 Å². The summed E-state index contributed by atoms with van der Waals surface area (Å²) in [5, 5.41) is 0. The van der Waals surface area contributed by atoms with Gasteiger partial charge in [-0.05, 0) is 38.5 Å². The Morgan fingerprint density at radius 1 is 0.577 bits per heavy atom. The van der Waals surface area contributed by atoms with Crippen molar-refractivity contribution in [2.24, 2.45) is 5.73 Å². The molecule has 0 saturated heterocycles. The summed E-state index contributed by atoms with van der Waals surface area (Å²) >= 11 is 0. The van der Waals surface area contributed by atoms with Gasteiger partial charge in [-0.2, -0.15) is 0 Å². The summed E-state index contributed by atoms with van der Waals surface area (Å²) in [5.41, 5.74) is 5.34. The molecule has 0 amide bonds. The maximum absolute atomic E-state index is 12.5. The van der Waals surface area contributed by atoms with Crippen LogP contribution >= 0.6 is 7.82 Å². The average molecular weight is 758 g/mol. The molecule has 0 aromatic rings. The summed E-state index contributed by atoms with van der Waals surface area (Å²) in [6.45, 7) is 3.70.